The summed E-state index contributed by atoms with van der Waals surface area (Å²) in [4.78, 5) is 12.9. The molecular formula is C24H27NO3S. The van der Waals surface area contributed by atoms with Crippen LogP contribution in [0.5, 0.6) is 0 Å². The first kappa shape index (κ1) is 19.9. The minimum atomic E-state index is -3.69. The summed E-state index contributed by atoms with van der Waals surface area (Å²) in [5, 5.41) is 0.895. The van der Waals surface area contributed by atoms with Crippen molar-refractivity contribution >= 4 is 26.7 Å². The van der Waals surface area contributed by atoms with Gasteiger partial charge in [0, 0.05) is 29.3 Å². The fourth-order valence-electron chi connectivity index (χ4n) is 4.67. The van der Waals surface area contributed by atoms with Gasteiger partial charge in [-0.05, 0) is 49.6 Å². The van der Waals surface area contributed by atoms with E-state index in [1.807, 2.05) is 43.3 Å². The van der Waals surface area contributed by atoms with E-state index >= 15 is 0 Å². The lowest BCUT2D eigenvalue weighted by molar-refractivity contribution is -0.126. The SMILES string of the molecule is Cc1ccc(S(=O)(=O)n2ccc3c(C(C)(C)C4CCCCC4=O)cccc32)cc1. The van der Waals surface area contributed by atoms with E-state index in [2.05, 4.69) is 13.8 Å². The van der Waals surface area contributed by atoms with Crippen LogP contribution >= 0.6 is 0 Å². The maximum Gasteiger partial charge on any atom is 0.268 e. The molecule has 29 heavy (non-hydrogen) atoms. The lowest BCUT2D eigenvalue weighted by Crippen LogP contribution is -2.36. The first-order valence-corrected chi connectivity index (χ1v) is 11.6. The van der Waals surface area contributed by atoms with E-state index < -0.39 is 10.0 Å². The van der Waals surface area contributed by atoms with Gasteiger partial charge in [-0.15, -0.1) is 0 Å². The standard InChI is InChI=1S/C24H27NO3S/c1-17-11-13-18(14-12-17)29(27,28)25-16-15-19-20(8-6-9-22(19)25)24(2,3)21-7-4-5-10-23(21)26/h6,8-9,11-16,21H,4-5,7,10H2,1-3H3. The Hall–Kier alpha value is -2.40. The molecule has 0 saturated heterocycles. The van der Waals surface area contributed by atoms with Crippen LogP contribution in [0.15, 0.2) is 59.6 Å². The second kappa shape index (κ2) is 7.13. The van der Waals surface area contributed by atoms with Gasteiger partial charge in [0.1, 0.15) is 5.78 Å². The number of aryl methyl sites for hydroxylation is 1. The van der Waals surface area contributed by atoms with Gasteiger partial charge >= 0.3 is 0 Å². The van der Waals surface area contributed by atoms with Crippen molar-refractivity contribution < 1.29 is 13.2 Å². The average molecular weight is 410 g/mol. The van der Waals surface area contributed by atoms with Crippen molar-refractivity contribution in [3.63, 3.8) is 0 Å². The number of ketones is 1. The number of aromatic nitrogens is 1. The van der Waals surface area contributed by atoms with Gasteiger partial charge in [-0.2, -0.15) is 0 Å². The highest BCUT2D eigenvalue weighted by Crippen LogP contribution is 2.42. The molecule has 0 amide bonds. The summed E-state index contributed by atoms with van der Waals surface area (Å²) in [7, 11) is -3.69. The zero-order valence-electron chi connectivity index (χ0n) is 17.2. The molecule has 1 fully saturated rings. The Morgan fingerprint density at radius 1 is 1.00 bits per heavy atom. The Morgan fingerprint density at radius 2 is 1.72 bits per heavy atom. The van der Waals surface area contributed by atoms with Crippen molar-refractivity contribution in [3.8, 4) is 0 Å². The highest BCUT2D eigenvalue weighted by Gasteiger charge is 2.38. The molecule has 0 bridgehead atoms. The molecular weight excluding hydrogens is 382 g/mol. The molecule has 1 unspecified atom stereocenters. The van der Waals surface area contributed by atoms with Gasteiger partial charge in [-0.3, -0.25) is 4.79 Å². The van der Waals surface area contributed by atoms with Gasteiger partial charge in [0.25, 0.3) is 10.0 Å². The lowest BCUT2D eigenvalue weighted by atomic mass is 9.66. The van der Waals surface area contributed by atoms with Gasteiger partial charge in [-0.1, -0.05) is 50.1 Å². The molecule has 4 rings (SSSR count). The Labute approximate surface area is 172 Å². The molecule has 0 spiro atoms. The van der Waals surface area contributed by atoms with Crippen molar-refractivity contribution in [2.45, 2.75) is 56.8 Å². The number of fused-ring (bicyclic) bond motifs is 1. The average Bonchev–Trinajstić information content (AvgIpc) is 3.13. The first-order chi connectivity index (χ1) is 13.7. The monoisotopic (exact) mass is 409 g/mol. The Kier molecular flexibility index (Phi) is 4.89. The van der Waals surface area contributed by atoms with Crippen LogP contribution in [0.25, 0.3) is 10.9 Å². The number of nitrogens with zero attached hydrogens (tertiary/aromatic N) is 1. The number of hydrogen-bond donors (Lipinski definition) is 0. The number of carbonyl (C=O) groups excluding carboxylic acids is 1. The normalized spacial score (nSPS) is 18.3. The minimum absolute atomic E-state index is 0.0288. The van der Waals surface area contributed by atoms with Crippen LogP contribution in [-0.2, 0) is 20.2 Å². The van der Waals surface area contributed by atoms with Crippen LogP contribution in [0.1, 0.15) is 50.7 Å². The second-order valence-corrected chi connectivity index (χ2v) is 10.5. The van der Waals surface area contributed by atoms with E-state index in [0.29, 0.717) is 17.7 Å². The maximum absolute atomic E-state index is 13.2. The summed E-state index contributed by atoms with van der Waals surface area (Å²) < 4.78 is 27.8. The Balaban J connectivity index is 1.83. The predicted molar refractivity (Wildman–Crippen MR) is 116 cm³/mol. The number of Topliss-reactive ketones (excluding diaryl/α,β-unsaturated/α-hetero) is 1. The molecule has 152 valence electrons. The molecule has 1 aromatic heterocycles. The van der Waals surface area contributed by atoms with Crippen LogP contribution in [-0.4, -0.2) is 18.2 Å². The van der Waals surface area contributed by atoms with Crippen molar-refractivity contribution in [2.24, 2.45) is 5.92 Å². The molecule has 4 nitrogen and oxygen atoms in total. The molecule has 1 saturated carbocycles. The summed E-state index contributed by atoms with van der Waals surface area (Å²) >= 11 is 0. The van der Waals surface area contributed by atoms with Crippen LogP contribution in [0.3, 0.4) is 0 Å². The topological polar surface area (TPSA) is 56.1 Å². The lowest BCUT2D eigenvalue weighted by Gasteiger charge is -2.36. The highest BCUT2D eigenvalue weighted by atomic mass is 32.2. The minimum Gasteiger partial charge on any atom is -0.299 e. The van der Waals surface area contributed by atoms with Crippen molar-refractivity contribution in [1.82, 2.24) is 3.97 Å². The number of carbonyl (C=O) groups is 1. The maximum atomic E-state index is 13.2. The summed E-state index contributed by atoms with van der Waals surface area (Å²) in [5.41, 5.74) is 2.35. The van der Waals surface area contributed by atoms with Gasteiger partial charge < -0.3 is 0 Å². The molecule has 1 heterocycles. The molecule has 0 radical (unpaired) electrons. The smallest absolute Gasteiger partial charge is 0.268 e. The Bertz CT molecular complexity index is 1170. The van der Waals surface area contributed by atoms with Gasteiger partial charge in [0.15, 0.2) is 0 Å². The van der Waals surface area contributed by atoms with E-state index in [-0.39, 0.29) is 16.2 Å². The van der Waals surface area contributed by atoms with E-state index in [1.165, 1.54) is 3.97 Å². The van der Waals surface area contributed by atoms with Crippen molar-refractivity contribution in [1.29, 1.82) is 0 Å². The van der Waals surface area contributed by atoms with E-state index in [4.69, 9.17) is 0 Å². The van der Waals surface area contributed by atoms with Crippen molar-refractivity contribution in [3.05, 3.63) is 65.9 Å². The molecule has 2 aromatic carbocycles. The third-order valence-electron chi connectivity index (χ3n) is 6.39. The fraction of sp³-hybridized carbons (Fsp3) is 0.375. The predicted octanol–water partition coefficient (Wildman–Crippen LogP) is 5.22. The van der Waals surface area contributed by atoms with Gasteiger partial charge in [0.05, 0.1) is 10.4 Å². The Morgan fingerprint density at radius 3 is 2.41 bits per heavy atom. The summed E-state index contributed by atoms with van der Waals surface area (Å²) in [5.74, 6) is 0.295. The molecule has 1 aliphatic carbocycles. The molecule has 3 aromatic rings. The molecule has 1 aliphatic rings. The van der Waals surface area contributed by atoms with E-state index in [1.54, 1.807) is 18.3 Å². The van der Waals surface area contributed by atoms with Gasteiger partial charge in [0.2, 0.25) is 0 Å². The number of rotatable bonds is 4. The molecule has 0 aliphatic heterocycles. The van der Waals surface area contributed by atoms with E-state index in [0.717, 1.165) is 35.8 Å². The van der Waals surface area contributed by atoms with Crippen LogP contribution in [0, 0.1) is 12.8 Å². The summed E-state index contributed by atoms with van der Waals surface area (Å²) in [6.45, 7) is 6.16. The quantitative estimate of drug-likeness (QED) is 0.593. The fourth-order valence-corrected chi connectivity index (χ4v) is 6.02. The van der Waals surface area contributed by atoms with Crippen molar-refractivity contribution in [2.75, 3.05) is 0 Å². The molecule has 1 atom stereocenters. The van der Waals surface area contributed by atoms with Crippen LogP contribution in [0.4, 0.5) is 0 Å². The third kappa shape index (κ3) is 3.31. The highest BCUT2D eigenvalue weighted by molar-refractivity contribution is 7.90. The van der Waals surface area contributed by atoms with E-state index in [9.17, 15) is 13.2 Å². The van der Waals surface area contributed by atoms with Gasteiger partial charge in [-0.25, -0.2) is 12.4 Å². The summed E-state index contributed by atoms with van der Waals surface area (Å²) in [6.07, 6.45) is 5.21. The molecule has 5 heteroatoms. The zero-order chi connectivity index (χ0) is 20.8. The largest absolute Gasteiger partial charge is 0.299 e. The third-order valence-corrected chi connectivity index (χ3v) is 8.10. The first-order valence-electron chi connectivity index (χ1n) is 10.2. The second-order valence-electron chi connectivity index (χ2n) is 8.65. The number of benzene rings is 2. The van der Waals surface area contributed by atoms with Crippen LogP contribution < -0.4 is 0 Å². The number of hydrogen-bond acceptors (Lipinski definition) is 3. The zero-order valence-corrected chi connectivity index (χ0v) is 18.0. The summed E-state index contributed by atoms with van der Waals surface area (Å²) in [6, 6.07) is 14.5. The van der Waals surface area contributed by atoms with Crippen LogP contribution in [0.2, 0.25) is 0 Å². The molecule has 0 N–H and O–H groups in total.